The van der Waals surface area contributed by atoms with Crippen molar-refractivity contribution in [2.45, 2.75) is 24.4 Å². The monoisotopic (exact) mass is 340 g/mol. The van der Waals surface area contributed by atoms with Crippen molar-refractivity contribution in [3.05, 3.63) is 53.5 Å². The highest BCUT2D eigenvalue weighted by Gasteiger charge is 2.64. The minimum atomic E-state index is -4.30. The molecule has 1 aromatic heterocycles. The van der Waals surface area contributed by atoms with Crippen molar-refractivity contribution in [3.8, 4) is 11.6 Å². The fraction of sp³-hybridized carbons (Fsp3) is 0.250. The van der Waals surface area contributed by atoms with Gasteiger partial charge in [0, 0.05) is 6.20 Å². The van der Waals surface area contributed by atoms with E-state index in [1.807, 2.05) is 0 Å². The van der Waals surface area contributed by atoms with Gasteiger partial charge in [0.1, 0.15) is 5.75 Å². The van der Waals surface area contributed by atoms with Gasteiger partial charge in [-0.2, -0.15) is 13.2 Å². The first kappa shape index (κ1) is 16.2. The van der Waals surface area contributed by atoms with Crippen molar-refractivity contribution in [1.29, 1.82) is 0 Å². The highest BCUT2D eigenvalue weighted by Crippen LogP contribution is 2.58. The van der Waals surface area contributed by atoms with Crippen LogP contribution < -0.4 is 10.5 Å². The zero-order valence-corrected chi connectivity index (χ0v) is 12.2. The van der Waals surface area contributed by atoms with E-state index in [1.54, 1.807) is 0 Å². The highest BCUT2D eigenvalue weighted by atomic mass is 19.4. The van der Waals surface area contributed by atoms with Crippen molar-refractivity contribution in [2.24, 2.45) is 5.73 Å². The summed E-state index contributed by atoms with van der Waals surface area (Å²) >= 11 is 0. The molecule has 1 heterocycles. The number of hydrogen-bond donors (Lipinski definition) is 1. The maximum absolute atomic E-state index is 13.8. The van der Waals surface area contributed by atoms with Gasteiger partial charge in [0.15, 0.2) is 5.82 Å². The van der Waals surface area contributed by atoms with Crippen LogP contribution in [0.2, 0.25) is 0 Å². The smallest absolute Gasteiger partial charge is 0.398 e. The molecule has 0 unspecified atom stereocenters. The van der Waals surface area contributed by atoms with Crippen molar-refractivity contribution in [3.63, 3.8) is 0 Å². The van der Waals surface area contributed by atoms with Crippen LogP contribution in [-0.4, -0.2) is 17.1 Å². The molecule has 0 saturated heterocycles. The second-order valence-corrected chi connectivity index (χ2v) is 5.58. The minimum absolute atomic E-state index is 0.0570. The lowest BCUT2D eigenvalue weighted by Crippen LogP contribution is -2.28. The number of hydrogen-bond acceptors (Lipinski definition) is 3. The van der Waals surface area contributed by atoms with Gasteiger partial charge in [-0.1, -0.05) is 12.1 Å². The average molecular weight is 340 g/mol. The molecule has 1 saturated carbocycles. The lowest BCUT2D eigenvalue weighted by molar-refractivity contribution is -0.160. The van der Waals surface area contributed by atoms with E-state index in [0.717, 1.165) is 12.3 Å². The average Bonchev–Trinajstić information content (AvgIpc) is 3.31. The fourth-order valence-electron chi connectivity index (χ4n) is 2.45. The lowest BCUT2D eigenvalue weighted by Gasteiger charge is -2.19. The zero-order chi connectivity index (χ0) is 17.5. The molecule has 1 aliphatic carbocycles. The molecule has 126 valence electrons. The lowest BCUT2D eigenvalue weighted by atomic mass is 9.95. The number of ether oxygens (including phenoxy) is 1. The van der Waals surface area contributed by atoms with Crippen LogP contribution in [0.1, 0.15) is 28.8 Å². The molecule has 1 amide bonds. The molecule has 0 radical (unpaired) electrons. The number of halogens is 4. The summed E-state index contributed by atoms with van der Waals surface area (Å²) in [5.41, 5.74) is 3.26. The zero-order valence-electron chi connectivity index (χ0n) is 12.2. The number of rotatable bonds is 4. The minimum Gasteiger partial charge on any atom is -0.436 e. The van der Waals surface area contributed by atoms with E-state index in [-0.39, 0.29) is 29.7 Å². The van der Waals surface area contributed by atoms with E-state index >= 15 is 0 Å². The number of pyridine rings is 1. The molecule has 8 heteroatoms. The molecule has 1 aromatic carbocycles. The Morgan fingerprint density at radius 2 is 1.83 bits per heavy atom. The van der Waals surface area contributed by atoms with E-state index in [9.17, 15) is 22.4 Å². The van der Waals surface area contributed by atoms with Crippen LogP contribution in [-0.2, 0) is 5.41 Å². The van der Waals surface area contributed by atoms with Gasteiger partial charge < -0.3 is 10.5 Å². The first-order valence-corrected chi connectivity index (χ1v) is 7.03. The Balaban J connectivity index is 1.79. The van der Waals surface area contributed by atoms with Crippen molar-refractivity contribution in [1.82, 2.24) is 4.98 Å². The van der Waals surface area contributed by atoms with Crippen LogP contribution in [0.15, 0.2) is 36.5 Å². The number of carbonyl (C=O) groups excluding carboxylic acids is 1. The second-order valence-electron chi connectivity index (χ2n) is 5.58. The van der Waals surface area contributed by atoms with Crippen LogP contribution >= 0.6 is 0 Å². The van der Waals surface area contributed by atoms with Crippen molar-refractivity contribution >= 4 is 5.91 Å². The van der Waals surface area contributed by atoms with Gasteiger partial charge in [0.2, 0.25) is 5.91 Å². The Kier molecular flexibility index (Phi) is 3.70. The third-order valence-electron chi connectivity index (χ3n) is 4.01. The predicted octanol–water partition coefficient (Wildman–Crippen LogP) is 3.71. The van der Waals surface area contributed by atoms with Gasteiger partial charge >= 0.3 is 6.18 Å². The molecule has 3 rings (SSSR count). The molecular weight excluding hydrogens is 328 g/mol. The van der Waals surface area contributed by atoms with Crippen LogP contribution in [0.4, 0.5) is 17.6 Å². The molecule has 2 aromatic rings. The third kappa shape index (κ3) is 2.79. The maximum atomic E-state index is 13.8. The molecule has 0 spiro atoms. The largest absolute Gasteiger partial charge is 0.436 e. The number of nitrogens with two attached hydrogens (primary N) is 1. The van der Waals surface area contributed by atoms with Gasteiger partial charge in [0.05, 0.1) is 11.0 Å². The molecule has 1 fully saturated rings. The summed E-state index contributed by atoms with van der Waals surface area (Å²) in [6.07, 6.45) is -3.13. The van der Waals surface area contributed by atoms with Crippen LogP contribution in [0.5, 0.6) is 11.6 Å². The SMILES string of the molecule is NC(=O)c1cnc(Oc2ccc(C3(C(F)(F)F)CC3)cc2)c(F)c1. The second kappa shape index (κ2) is 5.47. The van der Waals surface area contributed by atoms with E-state index in [4.69, 9.17) is 10.5 Å². The number of nitrogens with zero attached hydrogens (tertiary/aromatic N) is 1. The summed E-state index contributed by atoms with van der Waals surface area (Å²) in [6.45, 7) is 0. The van der Waals surface area contributed by atoms with Gasteiger partial charge in [-0.05, 0) is 36.6 Å². The Bertz CT molecular complexity index is 784. The normalized spacial score (nSPS) is 15.8. The Morgan fingerprint density at radius 3 is 2.29 bits per heavy atom. The van der Waals surface area contributed by atoms with E-state index in [2.05, 4.69) is 4.98 Å². The van der Waals surface area contributed by atoms with E-state index < -0.39 is 29.2 Å². The topological polar surface area (TPSA) is 65.2 Å². The summed E-state index contributed by atoms with van der Waals surface area (Å²) < 4.78 is 58.2. The number of benzene rings is 1. The number of aromatic nitrogens is 1. The molecule has 2 N–H and O–H groups in total. The molecule has 0 bridgehead atoms. The van der Waals surface area contributed by atoms with Crippen molar-refractivity contribution in [2.75, 3.05) is 0 Å². The molecule has 4 nitrogen and oxygen atoms in total. The first-order valence-electron chi connectivity index (χ1n) is 7.03. The molecule has 24 heavy (non-hydrogen) atoms. The maximum Gasteiger partial charge on any atom is 0.398 e. The fourth-order valence-corrected chi connectivity index (χ4v) is 2.45. The van der Waals surface area contributed by atoms with Gasteiger partial charge in [-0.3, -0.25) is 4.79 Å². The summed E-state index contributed by atoms with van der Waals surface area (Å²) in [4.78, 5) is 14.6. The van der Waals surface area contributed by atoms with Crippen LogP contribution in [0.25, 0.3) is 0 Å². The Hall–Kier alpha value is -2.64. The molecular formula is C16H12F4N2O2. The van der Waals surface area contributed by atoms with E-state index in [1.165, 1.54) is 24.3 Å². The molecule has 1 aliphatic rings. The Morgan fingerprint density at radius 1 is 1.21 bits per heavy atom. The highest BCUT2D eigenvalue weighted by molar-refractivity contribution is 5.92. The predicted molar refractivity (Wildman–Crippen MR) is 76.2 cm³/mol. The first-order chi connectivity index (χ1) is 11.2. The summed E-state index contributed by atoms with van der Waals surface area (Å²) in [5.74, 6) is -2.00. The summed E-state index contributed by atoms with van der Waals surface area (Å²) in [6, 6.07) is 6.15. The van der Waals surface area contributed by atoms with Crippen LogP contribution in [0, 0.1) is 5.82 Å². The van der Waals surface area contributed by atoms with Crippen molar-refractivity contribution < 1.29 is 27.1 Å². The number of alkyl halides is 3. The number of amides is 1. The van der Waals surface area contributed by atoms with Gasteiger partial charge in [-0.15, -0.1) is 0 Å². The standard InChI is InChI=1S/C16H12F4N2O2/c17-12-7-9(13(21)23)8-22-14(12)24-11-3-1-10(2-4-11)15(5-6-15)16(18,19)20/h1-4,7-8H,5-6H2,(H2,21,23). The van der Waals surface area contributed by atoms with Crippen LogP contribution in [0.3, 0.4) is 0 Å². The number of primary amides is 1. The van der Waals surface area contributed by atoms with Gasteiger partial charge in [-0.25, -0.2) is 9.37 Å². The quantitative estimate of drug-likeness (QED) is 0.863. The third-order valence-corrected chi connectivity index (χ3v) is 4.01. The summed E-state index contributed by atoms with van der Waals surface area (Å²) in [7, 11) is 0. The van der Waals surface area contributed by atoms with Gasteiger partial charge in [0.25, 0.3) is 5.88 Å². The summed E-state index contributed by atoms with van der Waals surface area (Å²) in [5, 5.41) is 0. The Labute approximate surface area is 134 Å². The number of carbonyl (C=O) groups is 1. The molecule has 0 aliphatic heterocycles. The van der Waals surface area contributed by atoms with E-state index in [0.29, 0.717) is 0 Å². The molecule has 0 atom stereocenters.